The molecule has 0 radical (unpaired) electrons. The number of aromatic nitrogens is 4. The van der Waals surface area contributed by atoms with Crippen LogP contribution in [0.1, 0.15) is 48.6 Å². The second-order valence-corrected chi connectivity index (χ2v) is 8.71. The lowest BCUT2D eigenvalue weighted by molar-refractivity contribution is 0.0995. The lowest BCUT2D eigenvalue weighted by Crippen LogP contribution is -2.14. The number of imidazole rings is 1. The van der Waals surface area contributed by atoms with Crippen LogP contribution < -0.4 is 16.2 Å². The molecule has 0 aliphatic carbocycles. The van der Waals surface area contributed by atoms with Crippen LogP contribution in [0.15, 0.2) is 36.8 Å². The number of anilines is 1. The van der Waals surface area contributed by atoms with E-state index in [4.69, 9.17) is 39.4 Å². The summed E-state index contributed by atoms with van der Waals surface area (Å²) in [7, 11) is 0. The minimum absolute atomic E-state index is 0.0517. The first-order chi connectivity index (χ1) is 16.1. The van der Waals surface area contributed by atoms with Crippen LogP contribution in [0.25, 0.3) is 16.6 Å². The maximum absolute atomic E-state index is 15.4. The van der Waals surface area contributed by atoms with E-state index < -0.39 is 17.6 Å². The van der Waals surface area contributed by atoms with Crippen LogP contribution in [0, 0.1) is 5.82 Å². The SMILES string of the molecule is CC(C)Oc1c([C@@H](C)c2nc(Cl)c3c(N)nccn23)cc(Cl)c(F)c1-c1ccc(C(N)=O)nc1. The fourth-order valence-electron chi connectivity index (χ4n) is 3.75. The number of hydrogen-bond acceptors (Lipinski definition) is 6. The van der Waals surface area contributed by atoms with Crippen LogP contribution >= 0.6 is 23.2 Å². The number of nitrogens with two attached hydrogens (primary N) is 2. The number of carbonyl (C=O) groups is 1. The second kappa shape index (κ2) is 9.08. The zero-order valence-corrected chi connectivity index (χ0v) is 20.0. The Bertz CT molecular complexity index is 1410. The van der Waals surface area contributed by atoms with Gasteiger partial charge < -0.3 is 16.2 Å². The molecule has 0 saturated carbocycles. The molecule has 4 aromatic rings. The first kappa shape index (κ1) is 23.7. The van der Waals surface area contributed by atoms with Crippen molar-refractivity contribution >= 4 is 40.4 Å². The first-order valence-electron chi connectivity index (χ1n) is 10.3. The summed E-state index contributed by atoms with van der Waals surface area (Å²) in [5.41, 5.74) is 12.9. The molecule has 3 heterocycles. The minimum Gasteiger partial charge on any atom is -0.490 e. The summed E-state index contributed by atoms with van der Waals surface area (Å²) in [4.78, 5) is 24.0. The molecule has 176 valence electrons. The normalized spacial score (nSPS) is 12.3. The van der Waals surface area contributed by atoms with E-state index in [-0.39, 0.29) is 39.1 Å². The number of nitrogens with zero attached hydrogens (tertiary/aromatic N) is 4. The van der Waals surface area contributed by atoms with E-state index in [1.165, 1.54) is 30.6 Å². The third-order valence-electron chi connectivity index (χ3n) is 5.28. The predicted molar refractivity (Wildman–Crippen MR) is 129 cm³/mol. The number of benzene rings is 1. The molecule has 1 atom stereocenters. The first-order valence-corrected chi connectivity index (χ1v) is 11.1. The van der Waals surface area contributed by atoms with Crippen LogP contribution in [0.2, 0.25) is 10.2 Å². The standard InChI is InChI=1S/C23H21Cl2FN6O2/c1-10(2)34-19-13(11(3)23-31-20(25)18-21(27)29-6-7-32(18)23)8-14(24)17(26)16(19)12-4-5-15(22(28)33)30-9-12/h4-11H,1-3H3,(H2,27,29)(H2,28,33)/t11-/m1/s1. The number of amides is 1. The average molecular weight is 503 g/mol. The van der Waals surface area contributed by atoms with Crippen molar-refractivity contribution in [2.24, 2.45) is 5.73 Å². The number of nitrogen functional groups attached to an aromatic ring is 1. The van der Waals surface area contributed by atoms with Crippen molar-refractivity contribution in [3.63, 3.8) is 0 Å². The summed E-state index contributed by atoms with van der Waals surface area (Å²) in [6.45, 7) is 5.53. The lowest BCUT2D eigenvalue weighted by atomic mass is 9.93. The fraction of sp³-hybridized carbons (Fsp3) is 0.217. The summed E-state index contributed by atoms with van der Waals surface area (Å²) in [5, 5.41) is 0.0820. The summed E-state index contributed by atoms with van der Waals surface area (Å²) in [6, 6.07) is 4.46. The van der Waals surface area contributed by atoms with Gasteiger partial charge in [-0.25, -0.2) is 14.4 Å². The summed E-state index contributed by atoms with van der Waals surface area (Å²) < 4.78 is 23.3. The topological polar surface area (TPSA) is 121 Å². The Morgan fingerprint density at radius 1 is 1.21 bits per heavy atom. The van der Waals surface area contributed by atoms with Crippen molar-refractivity contribution in [2.45, 2.75) is 32.8 Å². The molecule has 8 nitrogen and oxygen atoms in total. The van der Waals surface area contributed by atoms with Crippen molar-refractivity contribution in [1.29, 1.82) is 0 Å². The van der Waals surface area contributed by atoms with Crippen LogP contribution in [0.4, 0.5) is 10.2 Å². The number of ether oxygens (including phenoxy) is 1. The van der Waals surface area contributed by atoms with Gasteiger partial charge in [0.1, 0.15) is 22.8 Å². The third-order valence-corrected chi connectivity index (χ3v) is 5.82. The van der Waals surface area contributed by atoms with Gasteiger partial charge in [0.15, 0.2) is 16.8 Å². The van der Waals surface area contributed by atoms with Gasteiger partial charge in [0.25, 0.3) is 5.91 Å². The highest BCUT2D eigenvalue weighted by Gasteiger charge is 2.28. The molecule has 1 aromatic carbocycles. The van der Waals surface area contributed by atoms with Crippen molar-refractivity contribution in [2.75, 3.05) is 5.73 Å². The van der Waals surface area contributed by atoms with Gasteiger partial charge in [0.2, 0.25) is 0 Å². The Hall–Kier alpha value is -3.43. The molecule has 4 rings (SSSR count). The van der Waals surface area contributed by atoms with Crippen LogP contribution in [0.3, 0.4) is 0 Å². The summed E-state index contributed by atoms with van der Waals surface area (Å²) in [5.74, 6) is -0.767. The van der Waals surface area contributed by atoms with Gasteiger partial charge in [-0.1, -0.05) is 36.2 Å². The predicted octanol–water partition coefficient (Wildman–Crippen LogP) is 4.86. The number of carbonyl (C=O) groups excluding carboxylic acids is 1. The molecule has 0 spiro atoms. The maximum Gasteiger partial charge on any atom is 0.267 e. The number of halogens is 3. The van der Waals surface area contributed by atoms with E-state index in [0.29, 0.717) is 22.5 Å². The molecule has 1 amide bonds. The van der Waals surface area contributed by atoms with Crippen LogP contribution in [-0.4, -0.2) is 31.4 Å². The Balaban J connectivity index is 1.96. The molecule has 3 aromatic heterocycles. The van der Waals surface area contributed by atoms with Gasteiger partial charge in [-0.05, 0) is 26.0 Å². The molecule has 34 heavy (non-hydrogen) atoms. The minimum atomic E-state index is -0.692. The van der Waals surface area contributed by atoms with Crippen LogP contribution in [0.5, 0.6) is 5.75 Å². The number of pyridine rings is 1. The highest BCUT2D eigenvalue weighted by molar-refractivity contribution is 6.33. The van der Waals surface area contributed by atoms with Crippen LogP contribution in [-0.2, 0) is 0 Å². The van der Waals surface area contributed by atoms with E-state index in [2.05, 4.69) is 15.0 Å². The fourth-order valence-corrected chi connectivity index (χ4v) is 4.23. The molecule has 0 bridgehead atoms. The quantitative estimate of drug-likeness (QED) is 0.388. The zero-order chi connectivity index (χ0) is 24.7. The monoisotopic (exact) mass is 502 g/mol. The highest BCUT2D eigenvalue weighted by atomic mass is 35.5. The third kappa shape index (κ3) is 4.12. The Labute approximate surface area is 204 Å². The van der Waals surface area contributed by atoms with Gasteiger partial charge in [-0.2, -0.15) is 0 Å². The number of rotatable bonds is 6. The van der Waals surface area contributed by atoms with Gasteiger partial charge in [-0.15, -0.1) is 0 Å². The van der Waals surface area contributed by atoms with Gasteiger partial charge in [0, 0.05) is 35.6 Å². The molecule has 11 heteroatoms. The Morgan fingerprint density at radius 2 is 1.94 bits per heavy atom. The lowest BCUT2D eigenvalue weighted by Gasteiger charge is -2.23. The van der Waals surface area contributed by atoms with E-state index in [1.807, 2.05) is 20.8 Å². The molecule has 0 aliphatic heterocycles. The molecular formula is C23H21Cl2FN6O2. The molecule has 0 aliphatic rings. The zero-order valence-electron chi connectivity index (χ0n) is 18.5. The van der Waals surface area contributed by atoms with Crippen molar-refractivity contribution in [3.8, 4) is 16.9 Å². The van der Waals surface area contributed by atoms with Gasteiger partial charge in [-0.3, -0.25) is 14.2 Å². The molecule has 0 unspecified atom stereocenters. The maximum atomic E-state index is 15.4. The van der Waals surface area contributed by atoms with Crippen molar-refractivity contribution < 1.29 is 13.9 Å². The molecule has 0 saturated heterocycles. The average Bonchev–Trinajstić information content (AvgIpc) is 3.13. The number of primary amides is 1. The largest absolute Gasteiger partial charge is 0.490 e. The van der Waals surface area contributed by atoms with E-state index in [0.717, 1.165) is 0 Å². The Kier molecular flexibility index (Phi) is 6.33. The smallest absolute Gasteiger partial charge is 0.267 e. The van der Waals surface area contributed by atoms with Gasteiger partial charge in [0.05, 0.1) is 16.7 Å². The van der Waals surface area contributed by atoms with E-state index in [1.54, 1.807) is 10.6 Å². The highest BCUT2D eigenvalue weighted by Crippen LogP contribution is 2.44. The van der Waals surface area contributed by atoms with Crippen molar-refractivity contribution in [1.82, 2.24) is 19.4 Å². The molecule has 0 fully saturated rings. The molecular weight excluding hydrogens is 482 g/mol. The second-order valence-electron chi connectivity index (χ2n) is 7.94. The summed E-state index contributed by atoms with van der Waals surface area (Å²) in [6.07, 6.45) is 4.29. The van der Waals surface area contributed by atoms with Crippen molar-refractivity contribution in [3.05, 3.63) is 69.9 Å². The number of fused-ring (bicyclic) bond motifs is 1. The Morgan fingerprint density at radius 3 is 2.56 bits per heavy atom. The number of hydrogen-bond donors (Lipinski definition) is 2. The summed E-state index contributed by atoms with van der Waals surface area (Å²) >= 11 is 12.7. The van der Waals surface area contributed by atoms with E-state index >= 15 is 4.39 Å². The molecule has 4 N–H and O–H groups in total. The van der Waals surface area contributed by atoms with E-state index in [9.17, 15) is 4.79 Å². The van der Waals surface area contributed by atoms with Gasteiger partial charge >= 0.3 is 0 Å².